The van der Waals surface area contributed by atoms with Gasteiger partial charge in [0.05, 0.1) is 18.4 Å². The highest BCUT2D eigenvalue weighted by Gasteiger charge is 2.47. The van der Waals surface area contributed by atoms with Crippen molar-refractivity contribution in [1.82, 2.24) is 25.7 Å². The number of fused-ring (bicyclic) bond motifs is 1. The molecule has 0 radical (unpaired) electrons. The summed E-state index contributed by atoms with van der Waals surface area (Å²) >= 11 is 0. The number of aromatic nitrogens is 2. The zero-order valence-corrected chi connectivity index (χ0v) is 23.2. The molecule has 2 fully saturated rings. The average Bonchev–Trinajstić information content (AvgIpc) is 3.61. The molecule has 2 atom stereocenters. The Balaban J connectivity index is 1.21. The molecule has 222 valence electrons. The van der Waals surface area contributed by atoms with Gasteiger partial charge in [0.15, 0.2) is 5.82 Å². The molecule has 3 aromatic rings. The molecule has 1 aliphatic heterocycles. The Morgan fingerprint density at radius 3 is 2.71 bits per heavy atom. The van der Waals surface area contributed by atoms with Gasteiger partial charge < -0.3 is 19.9 Å². The van der Waals surface area contributed by atoms with Crippen LogP contribution in [-0.4, -0.2) is 52.3 Å². The van der Waals surface area contributed by atoms with Gasteiger partial charge in [0.2, 0.25) is 17.7 Å². The van der Waals surface area contributed by atoms with E-state index in [1.807, 2.05) is 12.1 Å². The number of amides is 2. The van der Waals surface area contributed by atoms with Gasteiger partial charge >= 0.3 is 6.36 Å². The van der Waals surface area contributed by atoms with Crippen molar-refractivity contribution in [3.63, 3.8) is 0 Å². The topological polar surface area (TPSA) is 110 Å². The largest absolute Gasteiger partial charge is 0.573 e. The van der Waals surface area contributed by atoms with Crippen LogP contribution < -0.4 is 15.4 Å². The van der Waals surface area contributed by atoms with Crippen molar-refractivity contribution in [1.29, 1.82) is 0 Å². The molecule has 2 aliphatic carbocycles. The first-order valence-corrected chi connectivity index (χ1v) is 14.2. The van der Waals surface area contributed by atoms with Gasteiger partial charge in [0.1, 0.15) is 5.75 Å². The molecule has 2 amide bonds. The third-order valence-corrected chi connectivity index (χ3v) is 8.24. The number of hydrogen-bond donors (Lipinski definition) is 2. The Bertz CT molecular complexity index is 1490. The van der Waals surface area contributed by atoms with E-state index in [9.17, 15) is 22.8 Å². The first kappa shape index (κ1) is 28.2. The highest BCUT2D eigenvalue weighted by molar-refractivity contribution is 5.82. The number of hydrogen-bond acceptors (Lipinski definition) is 7. The number of halogens is 3. The third kappa shape index (κ3) is 6.43. The molecule has 2 N–H and O–H groups in total. The Morgan fingerprint density at radius 2 is 2.00 bits per heavy atom. The number of ether oxygens (including phenoxy) is 1. The van der Waals surface area contributed by atoms with E-state index in [-0.39, 0.29) is 48.5 Å². The third-order valence-electron chi connectivity index (χ3n) is 8.24. The molecule has 12 heteroatoms. The number of carbonyl (C=O) groups excluding carboxylic acids is 2. The van der Waals surface area contributed by atoms with Crippen molar-refractivity contribution in [3.8, 4) is 16.9 Å². The van der Waals surface area contributed by atoms with Gasteiger partial charge in [-0.1, -0.05) is 29.4 Å². The quantitative estimate of drug-likeness (QED) is 0.385. The highest BCUT2D eigenvalue weighted by Crippen LogP contribution is 2.47. The molecular weight excluding hydrogens is 551 g/mol. The second-order valence-corrected chi connectivity index (χ2v) is 11.3. The number of nitrogens with one attached hydrogen (secondary N) is 2. The molecule has 2 aromatic carbocycles. The fourth-order valence-electron chi connectivity index (χ4n) is 5.79. The summed E-state index contributed by atoms with van der Waals surface area (Å²) in [6.07, 6.45) is -0.395. The van der Waals surface area contributed by atoms with Crippen LogP contribution in [0.2, 0.25) is 0 Å². The van der Waals surface area contributed by atoms with Crippen molar-refractivity contribution < 1.29 is 32.0 Å². The van der Waals surface area contributed by atoms with Crippen LogP contribution in [0, 0.1) is 12.8 Å². The number of carbonyl (C=O) groups is 2. The average molecular weight is 584 g/mol. The lowest BCUT2D eigenvalue weighted by Crippen LogP contribution is -2.46. The number of rotatable bonds is 9. The Morgan fingerprint density at radius 1 is 1.17 bits per heavy atom. The van der Waals surface area contributed by atoms with Crippen molar-refractivity contribution in [2.45, 2.75) is 70.4 Å². The smallest absolute Gasteiger partial charge is 0.406 e. The maximum absolute atomic E-state index is 13.0. The second kappa shape index (κ2) is 11.4. The van der Waals surface area contributed by atoms with E-state index in [2.05, 4.69) is 30.4 Å². The molecule has 1 aromatic heterocycles. The summed E-state index contributed by atoms with van der Waals surface area (Å²) in [7, 11) is 0. The van der Waals surface area contributed by atoms with E-state index < -0.39 is 6.36 Å². The molecule has 9 nitrogen and oxygen atoms in total. The van der Waals surface area contributed by atoms with Crippen LogP contribution in [0.25, 0.3) is 11.1 Å². The fourth-order valence-corrected chi connectivity index (χ4v) is 5.79. The molecule has 2 saturated carbocycles. The molecule has 3 aliphatic rings. The minimum atomic E-state index is -4.79. The number of alkyl halides is 3. The summed E-state index contributed by atoms with van der Waals surface area (Å²) in [6.45, 7) is 3.39. The fraction of sp³-hybridized carbons (Fsp3) is 0.467. The minimum Gasteiger partial charge on any atom is -0.406 e. The normalized spacial score (nSPS) is 20.4. The van der Waals surface area contributed by atoms with E-state index in [0.29, 0.717) is 43.2 Å². The molecule has 0 spiro atoms. The summed E-state index contributed by atoms with van der Waals surface area (Å²) in [5.74, 6) is 0.290. The molecular formula is C30H32F3N5O4. The Kier molecular flexibility index (Phi) is 7.65. The highest BCUT2D eigenvalue weighted by atomic mass is 19.4. The van der Waals surface area contributed by atoms with Crippen LogP contribution >= 0.6 is 0 Å². The maximum atomic E-state index is 13.0. The first-order chi connectivity index (χ1) is 20.1. The van der Waals surface area contributed by atoms with Crippen LogP contribution in [0.4, 0.5) is 13.2 Å². The van der Waals surface area contributed by atoms with Gasteiger partial charge in [-0.3, -0.25) is 14.5 Å². The van der Waals surface area contributed by atoms with Crippen molar-refractivity contribution in [3.05, 3.63) is 64.8 Å². The van der Waals surface area contributed by atoms with Crippen LogP contribution in [0.5, 0.6) is 5.75 Å². The molecule has 2 heterocycles. The van der Waals surface area contributed by atoms with Gasteiger partial charge in [-0.15, -0.1) is 13.2 Å². The van der Waals surface area contributed by atoms with Gasteiger partial charge in [-0.25, -0.2) is 0 Å². The monoisotopic (exact) mass is 583 g/mol. The summed E-state index contributed by atoms with van der Waals surface area (Å²) in [5.41, 5.74) is 4.28. The van der Waals surface area contributed by atoms with E-state index in [1.54, 1.807) is 13.0 Å². The van der Waals surface area contributed by atoms with Crippen LogP contribution in [0.1, 0.15) is 60.0 Å². The minimum absolute atomic E-state index is 0.0119. The Labute approximate surface area is 240 Å². The van der Waals surface area contributed by atoms with Gasteiger partial charge in [-0.05, 0) is 79.0 Å². The van der Waals surface area contributed by atoms with E-state index in [4.69, 9.17) is 4.52 Å². The summed E-state index contributed by atoms with van der Waals surface area (Å²) in [6, 6.07) is 9.98. The summed E-state index contributed by atoms with van der Waals surface area (Å²) in [5, 5.41) is 9.93. The van der Waals surface area contributed by atoms with E-state index in [1.165, 1.54) is 18.2 Å². The number of nitrogens with zero attached hydrogens (tertiary/aromatic N) is 3. The molecule has 0 unspecified atom stereocenters. The Hall–Kier alpha value is -3.93. The standard InChI is InChI=1S/C30H32F3N5O4/c1-17-35-29(42-37-17)25-13-24(25)28(40)34-14-19-8-9-22(18-4-2-7-21(12-18)41-30(31,32)33)23-10-11-38(15-26(19)23)16-27(39)36-20-5-3-6-20/h2,4,7-9,12,20,24-25H,3,5-6,10-11,13-16H2,1H3,(H,34,40)(H,36,39)/t24-,25+/m1/s1. The molecule has 6 rings (SSSR count). The van der Waals surface area contributed by atoms with Crippen molar-refractivity contribution in [2.24, 2.45) is 5.92 Å². The van der Waals surface area contributed by atoms with E-state index >= 15 is 0 Å². The van der Waals surface area contributed by atoms with Gasteiger partial charge in [-0.2, -0.15) is 4.98 Å². The van der Waals surface area contributed by atoms with Gasteiger partial charge in [0, 0.05) is 25.7 Å². The lowest BCUT2D eigenvalue weighted by Gasteiger charge is -2.33. The zero-order valence-electron chi connectivity index (χ0n) is 23.2. The molecule has 0 bridgehead atoms. The van der Waals surface area contributed by atoms with Crippen molar-refractivity contribution in [2.75, 3.05) is 13.1 Å². The predicted molar refractivity (Wildman–Crippen MR) is 145 cm³/mol. The first-order valence-electron chi connectivity index (χ1n) is 14.2. The summed E-state index contributed by atoms with van der Waals surface area (Å²) in [4.78, 5) is 31.9. The summed E-state index contributed by atoms with van der Waals surface area (Å²) < 4.78 is 48.0. The van der Waals surface area contributed by atoms with Crippen LogP contribution in [0.3, 0.4) is 0 Å². The zero-order chi connectivity index (χ0) is 29.4. The van der Waals surface area contributed by atoms with E-state index in [0.717, 1.165) is 41.5 Å². The lowest BCUT2D eigenvalue weighted by molar-refractivity contribution is -0.274. The predicted octanol–water partition coefficient (Wildman–Crippen LogP) is 4.39. The second-order valence-electron chi connectivity index (χ2n) is 11.3. The van der Waals surface area contributed by atoms with Crippen LogP contribution in [0.15, 0.2) is 40.9 Å². The molecule has 42 heavy (non-hydrogen) atoms. The van der Waals surface area contributed by atoms with Crippen LogP contribution in [-0.2, 0) is 29.1 Å². The SMILES string of the molecule is Cc1noc([C@H]2C[C@H]2C(=O)NCc2ccc(-c3cccc(OC(F)(F)F)c3)c3c2CN(CC(=O)NC2CCC2)CC3)n1. The van der Waals surface area contributed by atoms with Crippen molar-refractivity contribution >= 4 is 11.8 Å². The number of benzene rings is 2. The number of aryl methyl sites for hydroxylation is 1. The lowest BCUT2D eigenvalue weighted by atomic mass is 9.87. The van der Waals surface area contributed by atoms with Gasteiger partial charge in [0.25, 0.3) is 0 Å². The maximum Gasteiger partial charge on any atom is 0.573 e. The molecule has 0 saturated heterocycles.